The molecule has 0 bridgehead atoms. The molecule has 0 radical (unpaired) electrons. The third-order valence-electron chi connectivity index (χ3n) is 3.18. The normalized spacial score (nSPS) is 19.7. The second-order valence-corrected chi connectivity index (χ2v) is 5.22. The van der Waals surface area contributed by atoms with Gasteiger partial charge in [0.25, 0.3) is 0 Å². The molecule has 88 valence electrons. The number of hydrogen-bond donors (Lipinski definition) is 1. The Hall–Kier alpha value is -1.13. The molecular weight excluding hydrogens is 280 g/mol. The minimum absolute atomic E-state index is 0.455. The fourth-order valence-corrected chi connectivity index (χ4v) is 2.53. The van der Waals surface area contributed by atoms with Gasteiger partial charge in [-0.1, -0.05) is 33.2 Å². The minimum Gasteiger partial charge on any atom is -0.360 e. The molecule has 1 aliphatic heterocycles. The SMILES string of the molecule is Brc1ccc(-c2cnoc2C2CCNC2)cc1. The molecule has 1 aromatic heterocycles. The van der Waals surface area contributed by atoms with E-state index >= 15 is 0 Å². The maximum atomic E-state index is 5.43. The maximum Gasteiger partial charge on any atom is 0.148 e. The van der Waals surface area contributed by atoms with Crippen molar-refractivity contribution in [1.82, 2.24) is 10.5 Å². The first kappa shape index (κ1) is 11.0. The molecule has 0 aliphatic carbocycles. The number of rotatable bonds is 2. The van der Waals surface area contributed by atoms with E-state index in [-0.39, 0.29) is 0 Å². The summed E-state index contributed by atoms with van der Waals surface area (Å²) < 4.78 is 6.52. The van der Waals surface area contributed by atoms with Gasteiger partial charge in [-0.25, -0.2) is 0 Å². The van der Waals surface area contributed by atoms with Crippen LogP contribution < -0.4 is 5.32 Å². The van der Waals surface area contributed by atoms with Crippen molar-refractivity contribution in [3.05, 3.63) is 40.7 Å². The molecule has 1 aromatic carbocycles. The topological polar surface area (TPSA) is 38.1 Å². The number of nitrogens with zero attached hydrogens (tertiary/aromatic N) is 1. The van der Waals surface area contributed by atoms with Crippen molar-refractivity contribution in [2.45, 2.75) is 12.3 Å². The predicted octanol–water partition coefficient (Wildman–Crippen LogP) is 3.18. The van der Waals surface area contributed by atoms with E-state index in [9.17, 15) is 0 Å². The van der Waals surface area contributed by atoms with Gasteiger partial charge >= 0.3 is 0 Å². The Labute approximate surface area is 108 Å². The zero-order valence-electron chi connectivity index (χ0n) is 9.32. The lowest BCUT2D eigenvalue weighted by molar-refractivity contribution is 0.366. The molecule has 17 heavy (non-hydrogen) atoms. The molecule has 0 spiro atoms. The molecule has 4 heteroatoms. The van der Waals surface area contributed by atoms with Gasteiger partial charge in [0.1, 0.15) is 5.76 Å². The number of hydrogen-bond acceptors (Lipinski definition) is 3. The number of halogens is 1. The van der Waals surface area contributed by atoms with Crippen LogP contribution >= 0.6 is 15.9 Å². The van der Waals surface area contributed by atoms with Gasteiger partial charge in [0, 0.05) is 22.5 Å². The molecule has 0 saturated carbocycles. The summed E-state index contributed by atoms with van der Waals surface area (Å²) in [4.78, 5) is 0. The largest absolute Gasteiger partial charge is 0.360 e. The first-order valence-corrected chi connectivity index (χ1v) is 6.55. The fourth-order valence-electron chi connectivity index (χ4n) is 2.27. The number of nitrogens with one attached hydrogen (secondary N) is 1. The van der Waals surface area contributed by atoms with Crippen molar-refractivity contribution >= 4 is 15.9 Å². The van der Waals surface area contributed by atoms with E-state index in [2.05, 4.69) is 38.5 Å². The summed E-state index contributed by atoms with van der Waals surface area (Å²) in [5.41, 5.74) is 2.28. The van der Waals surface area contributed by atoms with Crippen molar-refractivity contribution in [3.63, 3.8) is 0 Å². The lowest BCUT2D eigenvalue weighted by atomic mass is 9.98. The molecule has 2 aromatic rings. The highest BCUT2D eigenvalue weighted by Crippen LogP contribution is 2.32. The van der Waals surface area contributed by atoms with Crippen molar-refractivity contribution in [2.24, 2.45) is 0 Å². The first-order chi connectivity index (χ1) is 8.34. The summed E-state index contributed by atoms with van der Waals surface area (Å²) in [5, 5.41) is 7.30. The average Bonchev–Trinajstić information content (AvgIpc) is 3.00. The molecule has 0 amide bonds. The molecule has 3 nitrogen and oxygen atoms in total. The summed E-state index contributed by atoms with van der Waals surface area (Å²) in [6.07, 6.45) is 2.94. The Balaban J connectivity index is 1.97. The van der Waals surface area contributed by atoms with Crippen LogP contribution in [0, 0.1) is 0 Å². The molecule has 1 unspecified atom stereocenters. The van der Waals surface area contributed by atoms with Crippen molar-refractivity contribution in [2.75, 3.05) is 13.1 Å². The summed E-state index contributed by atoms with van der Waals surface area (Å²) >= 11 is 3.44. The van der Waals surface area contributed by atoms with Gasteiger partial charge < -0.3 is 9.84 Å². The molecular formula is C13H13BrN2O. The van der Waals surface area contributed by atoms with Crippen molar-refractivity contribution in [3.8, 4) is 11.1 Å². The zero-order valence-corrected chi connectivity index (χ0v) is 10.9. The lowest BCUT2D eigenvalue weighted by Gasteiger charge is -2.06. The maximum absolute atomic E-state index is 5.43. The van der Waals surface area contributed by atoms with Crippen molar-refractivity contribution < 1.29 is 4.52 Å². The van der Waals surface area contributed by atoms with Crippen LogP contribution in [0.5, 0.6) is 0 Å². The van der Waals surface area contributed by atoms with Crippen LogP contribution in [0.1, 0.15) is 18.1 Å². The highest BCUT2D eigenvalue weighted by molar-refractivity contribution is 9.10. The lowest BCUT2D eigenvalue weighted by Crippen LogP contribution is -2.07. The Kier molecular flexibility index (Phi) is 2.99. The number of aromatic nitrogens is 1. The zero-order chi connectivity index (χ0) is 11.7. The van der Waals surface area contributed by atoms with Crippen LogP contribution in [0.4, 0.5) is 0 Å². The Morgan fingerprint density at radius 1 is 1.29 bits per heavy atom. The Morgan fingerprint density at radius 3 is 2.82 bits per heavy atom. The van der Waals surface area contributed by atoms with E-state index < -0.39 is 0 Å². The monoisotopic (exact) mass is 292 g/mol. The van der Waals surface area contributed by atoms with Crippen LogP contribution in [0.15, 0.2) is 39.5 Å². The van der Waals surface area contributed by atoms with Gasteiger partial charge in [0.05, 0.1) is 6.20 Å². The summed E-state index contributed by atoms with van der Waals surface area (Å²) in [6.45, 7) is 2.05. The molecule has 1 N–H and O–H groups in total. The highest BCUT2D eigenvalue weighted by atomic mass is 79.9. The van der Waals surface area contributed by atoms with Crippen LogP contribution in [0.3, 0.4) is 0 Å². The quantitative estimate of drug-likeness (QED) is 0.924. The van der Waals surface area contributed by atoms with Gasteiger partial charge in [-0.3, -0.25) is 0 Å². The van der Waals surface area contributed by atoms with Gasteiger partial charge in [0.2, 0.25) is 0 Å². The molecule has 1 atom stereocenters. The standard InChI is InChI=1S/C13H13BrN2O/c14-11-3-1-9(2-4-11)12-8-16-17-13(12)10-5-6-15-7-10/h1-4,8,10,15H,5-7H2. The minimum atomic E-state index is 0.455. The van der Waals surface area contributed by atoms with Crippen LogP contribution in [-0.2, 0) is 0 Å². The Bertz CT molecular complexity index is 500. The predicted molar refractivity (Wildman–Crippen MR) is 69.9 cm³/mol. The average molecular weight is 293 g/mol. The van der Waals surface area contributed by atoms with Crippen LogP contribution in [-0.4, -0.2) is 18.2 Å². The molecule has 1 fully saturated rings. The number of benzene rings is 1. The summed E-state index contributed by atoms with van der Waals surface area (Å²) in [5.74, 6) is 1.47. The van der Waals surface area contributed by atoms with Gasteiger partial charge in [-0.05, 0) is 30.7 Å². The van der Waals surface area contributed by atoms with E-state index in [1.165, 1.54) is 0 Å². The van der Waals surface area contributed by atoms with E-state index in [0.29, 0.717) is 5.92 Å². The Morgan fingerprint density at radius 2 is 2.12 bits per heavy atom. The smallest absolute Gasteiger partial charge is 0.148 e. The fraction of sp³-hybridized carbons (Fsp3) is 0.308. The molecule has 3 rings (SSSR count). The van der Waals surface area contributed by atoms with Crippen LogP contribution in [0.25, 0.3) is 11.1 Å². The summed E-state index contributed by atoms with van der Waals surface area (Å²) in [6, 6.07) is 8.25. The second kappa shape index (κ2) is 4.63. The van der Waals surface area contributed by atoms with E-state index in [0.717, 1.165) is 40.9 Å². The highest BCUT2D eigenvalue weighted by Gasteiger charge is 2.24. The molecule has 2 heterocycles. The van der Waals surface area contributed by atoms with E-state index in [1.807, 2.05) is 18.3 Å². The third-order valence-corrected chi connectivity index (χ3v) is 3.71. The van der Waals surface area contributed by atoms with Crippen molar-refractivity contribution in [1.29, 1.82) is 0 Å². The molecule has 1 saturated heterocycles. The summed E-state index contributed by atoms with van der Waals surface area (Å²) in [7, 11) is 0. The van der Waals surface area contributed by atoms with Gasteiger partial charge in [-0.2, -0.15) is 0 Å². The van der Waals surface area contributed by atoms with E-state index in [1.54, 1.807) is 0 Å². The van der Waals surface area contributed by atoms with Gasteiger partial charge in [-0.15, -0.1) is 0 Å². The van der Waals surface area contributed by atoms with E-state index in [4.69, 9.17) is 4.52 Å². The second-order valence-electron chi connectivity index (χ2n) is 4.30. The third kappa shape index (κ3) is 2.15. The van der Waals surface area contributed by atoms with Crippen LogP contribution in [0.2, 0.25) is 0 Å². The molecule has 1 aliphatic rings. The first-order valence-electron chi connectivity index (χ1n) is 5.76. The van der Waals surface area contributed by atoms with Gasteiger partial charge in [0.15, 0.2) is 0 Å².